The van der Waals surface area contributed by atoms with Crippen molar-refractivity contribution in [2.24, 2.45) is 11.8 Å². The average Bonchev–Trinajstić information content (AvgIpc) is 3.25. The molecule has 0 radical (unpaired) electrons. The Labute approximate surface area is 141 Å². The minimum Gasteiger partial charge on any atom is -0.0626 e. The van der Waals surface area contributed by atoms with Gasteiger partial charge in [-0.2, -0.15) is 0 Å². The zero-order valence-electron chi connectivity index (χ0n) is 13.9. The highest BCUT2D eigenvalue weighted by molar-refractivity contribution is 7.03. The summed E-state index contributed by atoms with van der Waals surface area (Å²) in [5.41, 5.74) is 2.68. The molecule has 0 aromatic heterocycles. The Balaban J connectivity index is 1.72. The smallest absolute Gasteiger partial charge is 0.0626 e. The first-order valence-electron chi connectivity index (χ1n) is 9.52. The first-order chi connectivity index (χ1) is 11.4. The molecule has 0 spiro atoms. The predicted octanol–water partition coefficient (Wildman–Crippen LogP) is 4.39. The SMILES string of the molecule is c1ccc([Si@@]2(C3CC4CCC3C4)CCCc3ccccc32)cc1. The third-order valence-electron chi connectivity index (χ3n) is 7.18. The maximum absolute atomic E-state index is 2.51. The van der Waals surface area contributed by atoms with Gasteiger partial charge in [0.2, 0.25) is 0 Å². The molecule has 5 rings (SSSR count). The van der Waals surface area contributed by atoms with Crippen LogP contribution in [0.15, 0.2) is 54.6 Å². The molecule has 1 aliphatic heterocycles. The largest absolute Gasteiger partial charge is 0.121 e. The van der Waals surface area contributed by atoms with Crippen LogP contribution in [0.4, 0.5) is 0 Å². The van der Waals surface area contributed by atoms with Gasteiger partial charge < -0.3 is 0 Å². The fraction of sp³-hybridized carbons (Fsp3) is 0.455. The van der Waals surface area contributed by atoms with Gasteiger partial charge >= 0.3 is 0 Å². The highest BCUT2D eigenvalue weighted by Crippen LogP contribution is 2.56. The normalized spacial score (nSPS) is 35.2. The zero-order valence-corrected chi connectivity index (χ0v) is 14.9. The summed E-state index contributed by atoms with van der Waals surface area (Å²) in [7, 11) is -1.60. The lowest BCUT2D eigenvalue weighted by atomic mass is 10.00. The number of hydrogen-bond acceptors (Lipinski definition) is 0. The predicted molar refractivity (Wildman–Crippen MR) is 100 cm³/mol. The van der Waals surface area contributed by atoms with Crippen LogP contribution >= 0.6 is 0 Å². The molecule has 2 fully saturated rings. The fourth-order valence-electron chi connectivity index (χ4n) is 6.35. The van der Waals surface area contributed by atoms with E-state index in [1.54, 1.807) is 15.9 Å². The van der Waals surface area contributed by atoms with Crippen molar-refractivity contribution in [1.82, 2.24) is 0 Å². The van der Waals surface area contributed by atoms with Crippen molar-refractivity contribution in [2.45, 2.75) is 50.1 Å². The molecule has 23 heavy (non-hydrogen) atoms. The van der Waals surface area contributed by atoms with E-state index < -0.39 is 8.07 Å². The quantitative estimate of drug-likeness (QED) is 0.721. The molecule has 0 nitrogen and oxygen atoms in total. The average molecular weight is 319 g/mol. The van der Waals surface area contributed by atoms with Gasteiger partial charge in [-0.1, -0.05) is 84.2 Å². The van der Waals surface area contributed by atoms with Crippen LogP contribution in [0.2, 0.25) is 11.6 Å². The molecule has 3 unspecified atom stereocenters. The first kappa shape index (κ1) is 14.0. The second-order valence-electron chi connectivity index (χ2n) is 8.13. The Hall–Kier alpha value is -1.34. The lowest BCUT2D eigenvalue weighted by molar-refractivity contribution is 0.469. The number of benzene rings is 2. The molecule has 2 saturated carbocycles. The summed E-state index contributed by atoms with van der Waals surface area (Å²) in [5.74, 6) is 2.07. The molecule has 2 aromatic rings. The van der Waals surface area contributed by atoms with Gasteiger partial charge in [-0.05, 0) is 48.2 Å². The highest BCUT2D eigenvalue weighted by atomic mass is 28.3. The Kier molecular flexibility index (Phi) is 3.26. The number of fused-ring (bicyclic) bond motifs is 3. The molecule has 118 valence electrons. The van der Waals surface area contributed by atoms with Crippen LogP contribution in [0.5, 0.6) is 0 Å². The molecule has 1 heteroatoms. The van der Waals surface area contributed by atoms with Crippen molar-refractivity contribution in [3.05, 3.63) is 60.2 Å². The summed E-state index contributed by atoms with van der Waals surface area (Å²) >= 11 is 0. The van der Waals surface area contributed by atoms with Crippen molar-refractivity contribution in [3.63, 3.8) is 0 Å². The zero-order chi connectivity index (χ0) is 15.3. The van der Waals surface area contributed by atoms with E-state index in [0.717, 1.165) is 17.4 Å². The van der Waals surface area contributed by atoms with Gasteiger partial charge in [0.05, 0.1) is 0 Å². The van der Waals surface area contributed by atoms with Gasteiger partial charge in [-0.3, -0.25) is 0 Å². The second kappa shape index (κ2) is 5.34. The van der Waals surface area contributed by atoms with Gasteiger partial charge in [-0.15, -0.1) is 0 Å². The maximum atomic E-state index is 2.51. The molecule has 2 bridgehead atoms. The van der Waals surface area contributed by atoms with E-state index in [4.69, 9.17) is 0 Å². The summed E-state index contributed by atoms with van der Waals surface area (Å²) in [4.78, 5) is 0. The van der Waals surface area contributed by atoms with Gasteiger partial charge in [-0.25, -0.2) is 0 Å². The summed E-state index contributed by atoms with van der Waals surface area (Å²) in [6, 6.07) is 22.7. The molecule has 4 atom stereocenters. The lowest BCUT2D eigenvalue weighted by Gasteiger charge is -2.45. The third kappa shape index (κ3) is 2.02. The van der Waals surface area contributed by atoms with Crippen LogP contribution in [0, 0.1) is 11.8 Å². The molecular weight excluding hydrogens is 292 g/mol. The monoisotopic (exact) mass is 318 g/mol. The van der Waals surface area contributed by atoms with E-state index >= 15 is 0 Å². The van der Waals surface area contributed by atoms with E-state index in [2.05, 4.69) is 54.6 Å². The van der Waals surface area contributed by atoms with Gasteiger partial charge in [0.15, 0.2) is 0 Å². The fourth-order valence-corrected chi connectivity index (χ4v) is 13.0. The first-order valence-corrected chi connectivity index (χ1v) is 11.8. The van der Waals surface area contributed by atoms with E-state index in [1.807, 2.05) is 0 Å². The van der Waals surface area contributed by atoms with Gasteiger partial charge in [0.1, 0.15) is 8.07 Å². The van der Waals surface area contributed by atoms with Crippen molar-refractivity contribution >= 4 is 18.4 Å². The topological polar surface area (TPSA) is 0 Å². The van der Waals surface area contributed by atoms with Crippen molar-refractivity contribution in [3.8, 4) is 0 Å². The maximum Gasteiger partial charge on any atom is 0.121 e. The number of rotatable bonds is 2. The summed E-state index contributed by atoms with van der Waals surface area (Å²) < 4.78 is 0. The lowest BCUT2D eigenvalue weighted by Crippen LogP contribution is -2.64. The van der Waals surface area contributed by atoms with Crippen LogP contribution in [-0.2, 0) is 6.42 Å². The molecule has 1 heterocycles. The molecule has 0 N–H and O–H groups in total. The van der Waals surface area contributed by atoms with E-state index in [9.17, 15) is 0 Å². The van der Waals surface area contributed by atoms with E-state index in [0.29, 0.717) is 0 Å². The van der Waals surface area contributed by atoms with Crippen molar-refractivity contribution in [1.29, 1.82) is 0 Å². The highest BCUT2D eigenvalue weighted by Gasteiger charge is 2.54. The third-order valence-corrected chi connectivity index (χ3v) is 13.1. The summed E-state index contributed by atoms with van der Waals surface area (Å²) in [5, 5.41) is 3.53. The van der Waals surface area contributed by atoms with E-state index in [1.165, 1.54) is 44.6 Å². The number of hydrogen-bond donors (Lipinski definition) is 0. The second-order valence-corrected chi connectivity index (χ2v) is 12.4. The summed E-state index contributed by atoms with van der Waals surface area (Å²) in [6.45, 7) is 0. The Morgan fingerprint density at radius 2 is 1.65 bits per heavy atom. The minimum absolute atomic E-state index is 1.00. The van der Waals surface area contributed by atoms with Gasteiger partial charge in [0, 0.05) is 0 Å². The van der Waals surface area contributed by atoms with Crippen molar-refractivity contribution < 1.29 is 0 Å². The van der Waals surface area contributed by atoms with Gasteiger partial charge in [0.25, 0.3) is 0 Å². The van der Waals surface area contributed by atoms with E-state index in [-0.39, 0.29) is 0 Å². The minimum atomic E-state index is -1.60. The van der Waals surface area contributed by atoms with Crippen LogP contribution in [0.3, 0.4) is 0 Å². The standard InChI is InChI=1S/C22H26Si/c1-2-9-20(10-3-1)23(22-16-17-12-13-19(22)15-17)14-6-8-18-7-4-5-11-21(18)23/h1-5,7,9-11,17,19,22H,6,8,12-16H2/t17?,19?,22?,23-/m0/s1. The van der Waals surface area contributed by atoms with Crippen molar-refractivity contribution in [2.75, 3.05) is 0 Å². The van der Waals surface area contributed by atoms with Crippen LogP contribution in [0.1, 0.15) is 37.7 Å². The van der Waals surface area contributed by atoms with Crippen LogP contribution in [-0.4, -0.2) is 8.07 Å². The molecule has 3 aliphatic rings. The molecule has 2 aliphatic carbocycles. The summed E-state index contributed by atoms with van der Waals surface area (Å²) in [6.07, 6.45) is 8.81. The van der Waals surface area contributed by atoms with Crippen LogP contribution < -0.4 is 10.4 Å². The molecular formula is C22H26Si. The number of aryl methyl sites for hydroxylation is 1. The molecule has 0 saturated heterocycles. The Morgan fingerprint density at radius 3 is 2.43 bits per heavy atom. The Morgan fingerprint density at radius 1 is 0.826 bits per heavy atom. The molecule has 2 aromatic carbocycles. The Bertz CT molecular complexity index is 707. The van der Waals surface area contributed by atoms with Crippen LogP contribution in [0.25, 0.3) is 0 Å². The molecule has 0 amide bonds.